The molecule has 1 aliphatic heterocycles. The van der Waals surface area contributed by atoms with Crippen molar-refractivity contribution in [1.82, 2.24) is 14.9 Å². The monoisotopic (exact) mass is 370 g/mol. The summed E-state index contributed by atoms with van der Waals surface area (Å²) in [6, 6.07) is 0. The van der Waals surface area contributed by atoms with Crippen molar-refractivity contribution in [2.75, 3.05) is 50.3 Å². The molecule has 0 saturated carbocycles. The van der Waals surface area contributed by atoms with Gasteiger partial charge in [-0.3, -0.25) is 4.79 Å². The molecule has 0 spiro atoms. The molecule has 0 unspecified atom stereocenters. The highest BCUT2D eigenvalue weighted by molar-refractivity contribution is 7.89. The summed E-state index contributed by atoms with van der Waals surface area (Å²) in [6.07, 6.45) is 1.08. The van der Waals surface area contributed by atoms with Gasteiger partial charge in [0.25, 0.3) is 0 Å². The van der Waals surface area contributed by atoms with Crippen molar-refractivity contribution in [3.05, 3.63) is 11.3 Å². The van der Waals surface area contributed by atoms with Gasteiger partial charge in [0.2, 0.25) is 21.9 Å². The van der Waals surface area contributed by atoms with E-state index in [9.17, 15) is 13.2 Å². The zero-order valence-corrected chi connectivity index (χ0v) is 16.0. The first-order valence-electron chi connectivity index (χ1n) is 8.11. The molecule has 140 valence electrons. The van der Waals surface area contributed by atoms with Gasteiger partial charge in [-0.1, -0.05) is 0 Å². The van der Waals surface area contributed by atoms with Gasteiger partial charge >= 0.3 is 0 Å². The van der Waals surface area contributed by atoms with E-state index in [2.05, 4.69) is 9.97 Å². The Balaban J connectivity index is 2.15. The summed E-state index contributed by atoms with van der Waals surface area (Å²) in [5, 5.41) is 4.97. The minimum absolute atomic E-state index is 0.0780. The van der Waals surface area contributed by atoms with Gasteiger partial charge in [0.1, 0.15) is 5.82 Å². The lowest BCUT2D eigenvalue weighted by Crippen LogP contribution is -2.38. The zero-order chi connectivity index (χ0) is 18.8. The van der Waals surface area contributed by atoms with Crippen LogP contribution in [0.1, 0.15) is 24.1 Å². The van der Waals surface area contributed by atoms with E-state index in [1.54, 1.807) is 4.90 Å². The van der Waals surface area contributed by atoms with E-state index in [0.717, 1.165) is 17.1 Å². The lowest BCUT2D eigenvalue weighted by atomic mass is 10.0. The van der Waals surface area contributed by atoms with Crippen molar-refractivity contribution in [1.29, 1.82) is 0 Å². The average molecular weight is 370 g/mol. The maximum absolute atomic E-state index is 12.4. The number of nitrogens with zero attached hydrogens (tertiary/aromatic N) is 5. The minimum Gasteiger partial charge on any atom is -0.362 e. The molecule has 0 fully saturated rings. The van der Waals surface area contributed by atoms with Crippen molar-refractivity contribution in [2.45, 2.75) is 25.8 Å². The van der Waals surface area contributed by atoms with Crippen LogP contribution in [0.3, 0.4) is 0 Å². The summed E-state index contributed by atoms with van der Waals surface area (Å²) in [7, 11) is 4.09. The highest BCUT2D eigenvalue weighted by atomic mass is 32.2. The van der Waals surface area contributed by atoms with Gasteiger partial charge in [0.05, 0.1) is 18.0 Å². The van der Waals surface area contributed by atoms with Crippen LogP contribution in [0.5, 0.6) is 0 Å². The molecular weight excluding hydrogens is 344 g/mol. The highest BCUT2D eigenvalue weighted by Crippen LogP contribution is 2.27. The number of rotatable bonds is 6. The topological polar surface area (TPSA) is 113 Å². The number of carbonyl (C=O) groups excluding carboxylic acids is 1. The SMILES string of the molecule is CN(C)c1nc2c(c(N(C)C)n1)CCN(C(=O)CCCS(N)(=O)=O)C2. The lowest BCUT2D eigenvalue weighted by molar-refractivity contribution is -0.132. The summed E-state index contributed by atoms with van der Waals surface area (Å²) in [5.41, 5.74) is 1.90. The summed E-state index contributed by atoms with van der Waals surface area (Å²) in [5.74, 6) is 1.22. The Hall–Kier alpha value is -1.94. The molecule has 1 aromatic rings. The molecule has 0 aromatic carbocycles. The van der Waals surface area contributed by atoms with Crippen molar-refractivity contribution < 1.29 is 13.2 Å². The molecule has 0 aliphatic carbocycles. The third kappa shape index (κ3) is 5.02. The van der Waals surface area contributed by atoms with Gasteiger partial charge in [-0.2, -0.15) is 4.98 Å². The maximum atomic E-state index is 12.4. The first-order valence-corrected chi connectivity index (χ1v) is 9.82. The number of aromatic nitrogens is 2. The molecule has 0 atom stereocenters. The van der Waals surface area contributed by atoms with Crippen LogP contribution in [0.4, 0.5) is 11.8 Å². The van der Waals surface area contributed by atoms with E-state index in [-0.39, 0.29) is 24.5 Å². The third-order valence-corrected chi connectivity index (χ3v) is 4.88. The molecule has 2 N–H and O–H groups in total. The Bertz CT molecular complexity index is 748. The predicted octanol–water partition coefficient (Wildman–Crippen LogP) is -0.438. The van der Waals surface area contributed by atoms with E-state index in [4.69, 9.17) is 5.14 Å². The summed E-state index contributed by atoms with van der Waals surface area (Å²) >= 11 is 0. The van der Waals surface area contributed by atoms with E-state index in [1.165, 1.54) is 0 Å². The van der Waals surface area contributed by atoms with Gasteiger partial charge in [-0.05, 0) is 12.8 Å². The molecule has 0 radical (unpaired) electrons. The fourth-order valence-electron chi connectivity index (χ4n) is 2.76. The number of sulfonamides is 1. The number of fused-ring (bicyclic) bond motifs is 1. The number of carbonyl (C=O) groups is 1. The second-order valence-electron chi connectivity index (χ2n) is 6.60. The Labute approximate surface area is 148 Å². The predicted molar refractivity (Wildman–Crippen MR) is 97.0 cm³/mol. The fraction of sp³-hybridized carbons (Fsp3) is 0.667. The molecule has 25 heavy (non-hydrogen) atoms. The quantitative estimate of drug-likeness (QED) is 0.722. The molecular formula is C15H26N6O3S. The number of nitrogens with two attached hydrogens (primary N) is 1. The van der Waals surface area contributed by atoms with Crippen LogP contribution >= 0.6 is 0 Å². The van der Waals surface area contributed by atoms with Crippen molar-refractivity contribution in [3.8, 4) is 0 Å². The Morgan fingerprint density at radius 2 is 1.88 bits per heavy atom. The Morgan fingerprint density at radius 3 is 2.44 bits per heavy atom. The van der Waals surface area contributed by atoms with Crippen LogP contribution in [-0.4, -0.2) is 69.7 Å². The number of amides is 1. The fourth-order valence-corrected chi connectivity index (χ4v) is 3.31. The smallest absolute Gasteiger partial charge is 0.227 e. The van der Waals surface area contributed by atoms with Crippen LogP contribution in [0, 0.1) is 0 Å². The number of hydrogen-bond acceptors (Lipinski definition) is 7. The van der Waals surface area contributed by atoms with Crippen molar-refractivity contribution in [2.24, 2.45) is 5.14 Å². The molecule has 1 aromatic heterocycles. The minimum atomic E-state index is -3.53. The molecule has 1 aliphatic rings. The third-order valence-electron chi connectivity index (χ3n) is 4.03. The maximum Gasteiger partial charge on any atom is 0.227 e. The summed E-state index contributed by atoms with van der Waals surface area (Å²) in [4.78, 5) is 27.0. The molecule has 2 rings (SSSR count). The molecule has 0 bridgehead atoms. The van der Waals surface area contributed by atoms with E-state index in [1.807, 2.05) is 38.0 Å². The number of anilines is 2. The van der Waals surface area contributed by atoms with Gasteiger partial charge in [0.15, 0.2) is 0 Å². The molecule has 1 amide bonds. The second kappa shape index (κ2) is 7.52. The van der Waals surface area contributed by atoms with Gasteiger partial charge in [-0.25, -0.2) is 18.5 Å². The molecule has 2 heterocycles. The number of primary sulfonamides is 1. The Kier molecular flexibility index (Phi) is 5.83. The molecule has 0 saturated heterocycles. The number of hydrogen-bond donors (Lipinski definition) is 1. The van der Waals surface area contributed by atoms with Gasteiger partial charge in [0, 0.05) is 46.7 Å². The van der Waals surface area contributed by atoms with Gasteiger partial charge in [-0.15, -0.1) is 0 Å². The second-order valence-corrected chi connectivity index (χ2v) is 8.33. The highest BCUT2D eigenvalue weighted by Gasteiger charge is 2.26. The first-order chi connectivity index (χ1) is 11.6. The largest absolute Gasteiger partial charge is 0.362 e. The van der Waals surface area contributed by atoms with E-state index in [0.29, 0.717) is 25.5 Å². The molecule has 10 heteroatoms. The lowest BCUT2D eigenvalue weighted by Gasteiger charge is -2.31. The summed E-state index contributed by atoms with van der Waals surface area (Å²) in [6.45, 7) is 0.987. The first kappa shape index (κ1) is 19.4. The van der Waals surface area contributed by atoms with Crippen LogP contribution in [0.15, 0.2) is 0 Å². The van der Waals surface area contributed by atoms with E-state index < -0.39 is 10.0 Å². The normalized spacial score (nSPS) is 14.2. The summed E-state index contributed by atoms with van der Waals surface area (Å²) < 4.78 is 22.0. The average Bonchev–Trinajstić information content (AvgIpc) is 2.51. The Morgan fingerprint density at radius 1 is 1.20 bits per heavy atom. The van der Waals surface area contributed by atoms with E-state index >= 15 is 0 Å². The van der Waals surface area contributed by atoms with Gasteiger partial charge < -0.3 is 14.7 Å². The van der Waals surface area contributed by atoms with Crippen LogP contribution in [0.2, 0.25) is 0 Å². The van der Waals surface area contributed by atoms with Crippen LogP contribution in [-0.2, 0) is 27.8 Å². The van der Waals surface area contributed by atoms with Crippen LogP contribution < -0.4 is 14.9 Å². The van der Waals surface area contributed by atoms with Crippen molar-refractivity contribution in [3.63, 3.8) is 0 Å². The molecule has 9 nitrogen and oxygen atoms in total. The van der Waals surface area contributed by atoms with Crippen molar-refractivity contribution >= 4 is 27.7 Å². The van der Waals surface area contributed by atoms with Crippen LogP contribution in [0.25, 0.3) is 0 Å². The zero-order valence-electron chi connectivity index (χ0n) is 15.2. The standard InChI is InChI=1S/C15H26N6O3S/c1-19(2)14-11-7-8-21(13(22)6-5-9-25(16,23)24)10-12(11)17-15(18-14)20(3)4/h5-10H2,1-4H3,(H2,16,23,24).